The van der Waals surface area contributed by atoms with Crippen LogP contribution in [0.5, 0.6) is 0 Å². The second kappa shape index (κ2) is 19.3. The van der Waals surface area contributed by atoms with E-state index in [1.165, 1.54) is 74.7 Å². The monoisotopic (exact) mass is 796 g/mol. The first-order valence-corrected chi connectivity index (χ1v) is 20.4. The number of para-hydroxylation sites is 1. The van der Waals surface area contributed by atoms with Gasteiger partial charge < -0.3 is 0 Å². The van der Waals surface area contributed by atoms with Crippen LogP contribution in [0.25, 0.3) is 21.3 Å². The molecular weight excluding hydrogens is 751 g/mol. The molecular formula is C45H45NP2RhS. The molecule has 0 aliphatic heterocycles. The van der Waals surface area contributed by atoms with Crippen molar-refractivity contribution in [1.29, 1.82) is 0 Å². The smallest absolute Gasteiger partial charge is 0.0967 e. The van der Waals surface area contributed by atoms with E-state index in [4.69, 9.17) is 0 Å². The molecule has 6 aromatic carbocycles. The fraction of sp³-hybridized carbons (Fsp3) is 0.178. The summed E-state index contributed by atoms with van der Waals surface area (Å²) in [5.74, 6) is 0. The van der Waals surface area contributed by atoms with Gasteiger partial charge in [-0.3, -0.25) is 4.98 Å². The van der Waals surface area contributed by atoms with Gasteiger partial charge in [0.25, 0.3) is 0 Å². The van der Waals surface area contributed by atoms with Crippen LogP contribution in [0.2, 0.25) is 0 Å². The molecule has 1 fully saturated rings. The van der Waals surface area contributed by atoms with Gasteiger partial charge in [-0.15, -0.1) is 56.0 Å². The Labute approximate surface area is 319 Å². The number of fused-ring (bicyclic) bond motifs is 1. The maximum Gasteiger partial charge on any atom is 0.0967 e. The number of aryl methyl sites for hydroxylation is 1. The van der Waals surface area contributed by atoms with Crippen LogP contribution >= 0.6 is 28.5 Å². The molecule has 0 amide bonds. The molecule has 1 unspecified atom stereocenters. The maximum absolute atomic E-state index is 4.54. The number of thiazole rings is 1. The van der Waals surface area contributed by atoms with E-state index < -0.39 is 7.92 Å². The zero-order chi connectivity index (χ0) is 33.7. The van der Waals surface area contributed by atoms with E-state index in [1.807, 2.05) is 35.8 Å². The van der Waals surface area contributed by atoms with Gasteiger partial charge in [-0.1, -0.05) is 135 Å². The summed E-state index contributed by atoms with van der Waals surface area (Å²) in [6.45, 7) is 2.41. The van der Waals surface area contributed by atoms with E-state index in [-0.39, 0.29) is 19.5 Å². The quantitative estimate of drug-likeness (QED) is 0.0890. The van der Waals surface area contributed by atoms with Gasteiger partial charge >= 0.3 is 0 Å². The van der Waals surface area contributed by atoms with E-state index in [0.29, 0.717) is 5.41 Å². The Morgan fingerprint density at radius 3 is 1.88 bits per heavy atom. The van der Waals surface area contributed by atoms with Gasteiger partial charge in [-0.2, -0.15) is 0 Å². The molecule has 0 spiro atoms. The molecule has 0 N–H and O–H groups in total. The van der Waals surface area contributed by atoms with Crippen molar-refractivity contribution >= 4 is 54.6 Å². The summed E-state index contributed by atoms with van der Waals surface area (Å²) in [7, 11) is 1.93. The Morgan fingerprint density at radius 2 is 1.30 bits per heavy atom. The SMILES string of the molecule is CC1(c2cc[c-]c(-c3cccc4scnc34)c2)CCCC1.Pc1ccccc1.[Rh].c1ccc(CC[PH+](c2ccccc2)c2ccccc2)cc1. The molecule has 1 nitrogen and oxygen atoms in total. The summed E-state index contributed by atoms with van der Waals surface area (Å²) >= 11 is 1.70. The van der Waals surface area contributed by atoms with E-state index in [9.17, 15) is 0 Å². The zero-order valence-corrected chi connectivity index (χ0v) is 33.2. The number of rotatable bonds is 7. The standard InChI is InChI=1S/C20H19P.C19H18NS.C6H7P.Rh/c1-4-10-18(11-5-1)16-17-21(19-12-6-2-7-13-19)20-14-8-3-9-15-20;1-19(10-2-3-11-19)15-7-4-6-14(12-15)16-8-5-9-17-18(16)20-13-21-17;7-6-4-2-1-3-5-6;/h1-15H,16-17H2;4-5,7-9,12-13H,2-3,10-11H2,1H3;1-5H,7H2;/q;-1;;/p+1. The van der Waals surface area contributed by atoms with Crippen molar-refractivity contribution in [2.75, 3.05) is 6.16 Å². The third-order valence-electron chi connectivity index (χ3n) is 9.41. The summed E-state index contributed by atoms with van der Waals surface area (Å²) in [6, 6.07) is 59.4. The zero-order valence-electron chi connectivity index (χ0n) is 28.6. The number of nitrogens with zero attached hydrogens (tertiary/aromatic N) is 1. The van der Waals surface area contributed by atoms with Crippen molar-refractivity contribution in [3.05, 3.63) is 180 Å². The largest absolute Gasteiger partial charge is 0.254 e. The van der Waals surface area contributed by atoms with Crippen LogP contribution in [0.1, 0.15) is 43.7 Å². The van der Waals surface area contributed by atoms with Crippen molar-refractivity contribution in [2.45, 2.75) is 44.4 Å². The average molecular weight is 797 g/mol. The second-order valence-corrected chi connectivity index (χ2v) is 17.0. The molecule has 1 radical (unpaired) electrons. The van der Waals surface area contributed by atoms with Gasteiger partial charge in [0.05, 0.1) is 30.2 Å². The first kappa shape index (κ1) is 37.9. The van der Waals surface area contributed by atoms with Crippen molar-refractivity contribution in [3.63, 3.8) is 0 Å². The topological polar surface area (TPSA) is 12.9 Å². The molecule has 7 aromatic rings. The van der Waals surface area contributed by atoms with Gasteiger partial charge in [0.1, 0.15) is 0 Å². The molecule has 1 aliphatic rings. The van der Waals surface area contributed by atoms with Crippen LogP contribution in [0, 0.1) is 6.07 Å². The first-order valence-electron chi connectivity index (χ1n) is 17.2. The molecule has 255 valence electrons. The Balaban J connectivity index is 0.000000161. The summed E-state index contributed by atoms with van der Waals surface area (Å²) in [6.07, 6.45) is 7.70. The number of hydrogen-bond acceptors (Lipinski definition) is 2. The van der Waals surface area contributed by atoms with Crippen molar-refractivity contribution in [2.24, 2.45) is 0 Å². The van der Waals surface area contributed by atoms with Gasteiger partial charge in [0.2, 0.25) is 0 Å². The van der Waals surface area contributed by atoms with Crippen LogP contribution in [0.3, 0.4) is 0 Å². The van der Waals surface area contributed by atoms with E-state index >= 15 is 0 Å². The summed E-state index contributed by atoms with van der Waals surface area (Å²) in [4.78, 5) is 4.54. The summed E-state index contributed by atoms with van der Waals surface area (Å²) in [5, 5.41) is 4.25. The minimum atomic E-state index is -0.697. The molecule has 1 aliphatic carbocycles. The fourth-order valence-electron chi connectivity index (χ4n) is 6.65. The second-order valence-electron chi connectivity index (χ2n) is 12.9. The molecule has 5 heteroatoms. The normalized spacial score (nSPS) is 13.0. The maximum atomic E-state index is 4.54. The Hall–Kier alpha value is -3.31. The van der Waals surface area contributed by atoms with E-state index in [0.717, 1.165) is 11.9 Å². The Morgan fingerprint density at radius 1 is 0.720 bits per heavy atom. The number of benzene rings is 6. The van der Waals surface area contributed by atoms with Crippen LogP contribution in [-0.4, -0.2) is 11.1 Å². The minimum absolute atomic E-state index is 0. The number of hydrogen-bond donors (Lipinski definition) is 0. The van der Waals surface area contributed by atoms with Crippen molar-refractivity contribution < 1.29 is 19.5 Å². The minimum Gasteiger partial charge on any atom is -0.254 e. The molecule has 1 saturated carbocycles. The molecule has 0 bridgehead atoms. The predicted molar refractivity (Wildman–Crippen MR) is 221 cm³/mol. The average Bonchev–Trinajstić information content (AvgIpc) is 3.84. The van der Waals surface area contributed by atoms with Gasteiger partial charge in [0, 0.05) is 36.1 Å². The Kier molecular flexibility index (Phi) is 14.7. The molecule has 8 rings (SSSR count). The predicted octanol–water partition coefficient (Wildman–Crippen LogP) is 10.9. The molecule has 50 heavy (non-hydrogen) atoms. The van der Waals surface area contributed by atoms with Gasteiger partial charge in [-0.05, 0) is 59.5 Å². The van der Waals surface area contributed by atoms with Crippen LogP contribution in [0.15, 0.2) is 163 Å². The summed E-state index contributed by atoms with van der Waals surface area (Å²) < 4.78 is 1.25. The van der Waals surface area contributed by atoms with Gasteiger partial charge in [-0.25, -0.2) is 0 Å². The van der Waals surface area contributed by atoms with Gasteiger partial charge in [0.15, 0.2) is 0 Å². The Bertz CT molecular complexity index is 1950. The van der Waals surface area contributed by atoms with Crippen molar-refractivity contribution in [1.82, 2.24) is 4.98 Å². The molecule has 1 heterocycles. The summed E-state index contributed by atoms with van der Waals surface area (Å²) in [5.41, 5.74) is 8.66. The molecule has 0 saturated heterocycles. The van der Waals surface area contributed by atoms with Crippen LogP contribution in [-0.2, 0) is 31.3 Å². The molecule has 1 aromatic heterocycles. The fourth-order valence-corrected chi connectivity index (χ4v) is 10.2. The third kappa shape index (κ3) is 10.4. The number of aromatic nitrogens is 1. The first-order chi connectivity index (χ1) is 24.1. The van der Waals surface area contributed by atoms with E-state index in [1.54, 1.807) is 11.3 Å². The molecule has 1 atom stereocenters. The van der Waals surface area contributed by atoms with Crippen LogP contribution in [0.4, 0.5) is 0 Å². The van der Waals surface area contributed by atoms with Crippen LogP contribution < -0.4 is 15.9 Å². The van der Waals surface area contributed by atoms with E-state index in [2.05, 4.69) is 155 Å². The third-order valence-corrected chi connectivity index (χ3v) is 13.4. The van der Waals surface area contributed by atoms with Crippen molar-refractivity contribution in [3.8, 4) is 11.1 Å².